The van der Waals surface area contributed by atoms with Crippen molar-refractivity contribution < 1.29 is 63.3 Å². The monoisotopic (exact) mass is 558 g/mol. The molecule has 37 heavy (non-hydrogen) atoms. The minimum Gasteiger partial charge on any atom is -0.442 e. The number of rotatable bonds is 4. The predicted octanol–water partition coefficient (Wildman–Crippen LogP) is 6.86. The number of hydrogen-bond donors (Lipinski definition) is 1. The fourth-order valence-electron chi connectivity index (χ4n) is 6.10. The van der Waals surface area contributed by atoms with Crippen LogP contribution in [0.4, 0.5) is 43.9 Å². The second kappa shape index (κ2) is 9.27. The first-order valence-corrected chi connectivity index (χ1v) is 11.9. The fourth-order valence-corrected chi connectivity index (χ4v) is 6.10. The SMILES string of the molecule is C=C(C)C(=O)OC1(C2CCCCC2)C(F)(F)C(O)(C(F)(F)F)OC(C2CCCCC2)(C(F)(F)F)C1(F)F. The second-order valence-corrected chi connectivity index (χ2v) is 10.2. The van der Waals surface area contributed by atoms with Crippen LogP contribution in [0.2, 0.25) is 0 Å². The maximum atomic E-state index is 16.6. The van der Waals surface area contributed by atoms with Crippen LogP contribution in [-0.2, 0) is 14.3 Å². The molecule has 214 valence electrons. The van der Waals surface area contributed by atoms with Gasteiger partial charge in [-0.05, 0) is 32.6 Å². The number of hydrogen-bond acceptors (Lipinski definition) is 4. The quantitative estimate of drug-likeness (QED) is 0.233. The van der Waals surface area contributed by atoms with Crippen LogP contribution in [0.25, 0.3) is 0 Å². The van der Waals surface area contributed by atoms with Crippen molar-refractivity contribution in [3.63, 3.8) is 0 Å². The lowest BCUT2D eigenvalue weighted by molar-refractivity contribution is -0.570. The van der Waals surface area contributed by atoms with E-state index >= 15 is 17.6 Å². The number of ether oxygens (including phenoxy) is 2. The molecule has 0 aromatic heterocycles. The molecular weight excluding hydrogens is 530 g/mol. The average Bonchev–Trinajstić information content (AvgIpc) is 2.78. The van der Waals surface area contributed by atoms with Crippen molar-refractivity contribution in [3.8, 4) is 0 Å². The van der Waals surface area contributed by atoms with E-state index in [-0.39, 0.29) is 38.5 Å². The molecule has 0 amide bonds. The van der Waals surface area contributed by atoms with Gasteiger partial charge in [-0.15, -0.1) is 0 Å². The highest BCUT2D eigenvalue weighted by molar-refractivity contribution is 5.87. The summed E-state index contributed by atoms with van der Waals surface area (Å²) in [5, 5.41) is 10.4. The maximum Gasteiger partial charge on any atom is 0.449 e. The van der Waals surface area contributed by atoms with E-state index in [4.69, 9.17) is 0 Å². The summed E-state index contributed by atoms with van der Waals surface area (Å²) in [5.74, 6) is -25.2. The van der Waals surface area contributed by atoms with Crippen LogP contribution in [-0.4, -0.2) is 52.3 Å². The van der Waals surface area contributed by atoms with Crippen molar-refractivity contribution in [3.05, 3.63) is 12.2 Å². The van der Waals surface area contributed by atoms with E-state index in [1.807, 2.05) is 0 Å². The fraction of sp³-hybridized carbons (Fsp3) is 0.870. The van der Waals surface area contributed by atoms with Crippen molar-refractivity contribution in [1.82, 2.24) is 0 Å². The van der Waals surface area contributed by atoms with Crippen molar-refractivity contribution >= 4 is 5.97 Å². The molecule has 3 rings (SSSR count). The third-order valence-electron chi connectivity index (χ3n) is 7.90. The predicted molar refractivity (Wildman–Crippen MR) is 108 cm³/mol. The summed E-state index contributed by atoms with van der Waals surface area (Å²) in [5.41, 5.74) is -11.1. The van der Waals surface area contributed by atoms with Gasteiger partial charge in [-0.3, -0.25) is 0 Å². The minimum absolute atomic E-state index is 0.114. The zero-order valence-electron chi connectivity index (χ0n) is 19.9. The topological polar surface area (TPSA) is 55.8 Å². The Labute approximate surface area is 206 Å². The number of alkyl halides is 10. The van der Waals surface area contributed by atoms with Crippen molar-refractivity contribution in [2.45, 2.75) is 112 Å². The van der Waals surface area contributed by atoms with Crippen LogP contribution in [0.3, 0.4) is 0 Å². The summed E-state index contributed by atoms with van der Waals surface area (Å²) in [7, 11) is 0. The van der Waals surface area contributed by atoms with Gasteiger partial charge in [-0.2, -0.15) is 43.9 Å². The van der Waals surface area contributed by atoms with E-state index in [0.717, 1.165) is 6.92 Å². The zero-order valence-corrected chi connectivity index (χ0v) is 19.9. The number of esters is 1. The minimum atomic E-state index is -6.70. The molecule has 0 aromatic carbocycles. The molecule has 14 heteroatoms. The Balaban J connectivity index is 2.51. The van der Waals surface area contributed by atoms with Gasteiger partial charge in [-0.1, -0.05) is 45.1 Å². The highest BCUT2D eigenvalue weighted by Gasteiger charge is 2.98. The lowest BCUT2D eigenvalue weighted by atomic mass is 9.58. The standard InChI is InChI=1S/C23H28F10O4/c1-13(2)16(34)36-17(14-9-5-3-6-10-14)19(24,25)18(22(28,29)30,15-11-7-4-8-12-15)37-21(35,20(17,26)27)23(31,32)33/h14-15,35H,1,3-12H2,2H3. The zero-order chi connectivity index (χ0) is 28.3. The number of carbonyl (C=O) groups is 1. The Bertz CT molecular complexity index is 889. The molecule has 1 aliphatic heterocycles. The highest BCUT2D eigenvalue weighted by atomic mass is 19.4. The summed E-state index contributed by atoms with van der Waals surface area (Å²) < 4.78 is 160. The van der Waals surface area contributed by atoms with Crippen molar-refractivity contribution in [2.75, 3.05) is 0 Å². The van der Waals surface area contributed by atoms with E-state index in [1.165, 1.54) is 0 Å². The molecular formula is C23H28F10O4. The van der Waals surface area contributed by atoms with Gasteiger partial charge in [0.05, 0.1) is 0 Å². The second-order valence-electron chi connectivity index (χ2n) is 10.2. The summed E-state index contributed by atoms with van der Waals surface area (Å²) in [6, 6.07) is 0. The van der Waals surface area contributed by atoms with E-state index in [1.54, 1.807) is 0 Å². The molecule has 0 spiro atoms. The largest absolute Gasteiger partial charge is 0.449 e. The van der Waals surface area contributed by atoms with Crippen molar-refractivity contribution in [2.24, 2.45) is 11.8 Å². The van der Waals surface area contributed by atoms with Gasteiger partial charge in [0.1, 0.15) is 0 Å². The number of halogens is 10. The Kier molecular flexibility index (Phi) is 7.51. The molecule has 3 unspecified atom stereocenters. The van der Waals surface area contributed by atoms with Gasteiger partial charge >= 0.3 is 36.0 Å². The maximum absolute atomic E-state index is 16.6. The first kappa shape index (κ1) is 30.0. The Morgan fingerprint density at radius 2 is 1.24 bits per heavy atom. The van der Waals surface area contributed by atoms with Crippen LogP contribution in [0.5, 0.6) is 0 Å². The van der Waals surface area contributed by atoms with E-state index in [2.05, 4.69) is 16.1 Å². The van der Waals surface area contributed by atoms with Gasteiger partial charge in [0.2, 0.25) is 5.60 Å². The Morgan fingerprint density at radius 1 is 0.811 bits per heavy atom. The molecule has 0 aromatic rings. The first-order valence-electron chi connectivity index (χ1n) is 11.9. The van der Waals surface area contributed by atoms with Crippen LogP contribution < -0.4 is 0 Å². The molecule has 2 saturated carbocycles. The summed E-state index contributed by atoms with van der Waals surface area (Å²) in [6.45, 7) is 3.86. The van der Waals surface area contributed by atoms with Crippen LogP contribution >= 0.6 is 0 Å². The molecule has 1 saturated heterocycles. The lowest BCUT2D eigenvalue weighted by Gasteiger charge is -2.64. The van der Waals surface area contributed by atoms with Gasteiger partial charge < -0.3 is 14.6 Å². The molecule has 0 radical (unpaired) electrons. The third-order valence-corrected chi connectivity index (χ3v) is 7.90. The highest BCUT2D eigenvalue weighted by Crippen LogP contribution is 2.71. The third kappa shape index (κ3) is 3.98. The van der Waals surface area contributed by atoms with Gasteiger partial charge in [0.25, 0.3) is 5.60 Å². The smallest absolute Gasteiger partial charge is 0.442 e. The van der Waals surface area contributed by atoms with E-state index < -0.39 is 90.2 Å². The number of aliphatic hydroxyl groups is 1. The molecule has 2 aliphatic carbocycles. The Hall–Kier alpha value is -1.57. The number of carbonyl (C=O) groups excluding carboxylic acids is 1. The van der Waals surface area contributed by atoms with Crippen molar-refractivity contribution in [1.29, 1.82) is 0 Å². The molecule has 3 fully saturated rings. The van der Waals surface area contributed by atoms with Crippen LogP contribution in [0.1, 0.15) is 71.1 Å². The van der Waals surface area contributed by atoms with Gasteiger partial charge in [-0.25, -0.2) is 4.79 Å². The van der Waals surface area contributed by atoms with Crippen LogP contribution in [0.15, 0.2) is 12.2 Å². The molecule has 0 bridgehead atoms. The van der Waals surface area contributed by atoms with E-state index in [9.17, 15) is 36.2 Å². The van der Waals surface area contributed by atoms with E-state index in [0.29, 0.717) is 0 Å². The molecule has 3 aliphatic rings. The normalized spacial score (nSPS) is 35.7. The Morgan fingerprint density at radius 3 is 1.62 bits per heavy atom. The summed E-state index contributed by atoms with van der Waals surface area (Å²) in [4.78, 5) is 12.5. The van der Waals surface area contributed by atoms with Crippen LogP contribution in [0, 0.1) is 11.8 Å². The molecule has 1 heterocycles. The van der Waals surface area contributed by atoms with Gasteiger partial charge in [0.15, 0.2) is 0 Å². The van der Waals surface area contributed by atoms with Gasteiger partial charge in [0, 0.05) is 17.4 Å². The first-order chi connectivity index (χ1) is 16.7. The summed E-state index contributed by atoms with van der Waals surface area (Å²) >= 11 is 0. The summed E-state index contributed by atoms with van der Waals surface area (Å²) in [6.07, 6.45) is -16.0. The molecule has 3 atom stereocenters. The lowest BCUT2D eigenvalue weighted by Crippen LogP contribution is -2.90. The molecule has 4 nitrogen and oxygen atoms in total. The molecule has 1 N–H and O–H groups in total. The average molecular weight is 558 g/mol.